The van der Waals surface area contributed by atoms with Crippen molar-refractivity contribution in [2.45, 2.75) is 20.3 Å². The predicted molar refractivity (Wildman–Crippen MR) is 99.3 cm³/mol. The van der Waals surface area contributed by atoms with Gasteiger partial charge in [0.1, 0.15) is 5.56 Å². The van der Waals surface area contributed by atoms with Crippen LogP contribution in [0, 0.1) is 5.92 Å². The van der Waals surface area contributed by atoms with Crippen molar-refractivity contribution in [1.82, 2.24) is 14.4 Å². The highest BCUT2D eigenvalue weighted by Crippen LogP contribution is 2.26. The molecule has 0 saturated heterocycles. The number of aromatic nitrogens is 3. The van der Waals surface area contributed by atoms with E-state index in [9.17, 15) is 14.4 Å². The van der Waals surface area contributed by atoms with Gasteiger partial charge in [-0.3, -0.25) is 19.3 Å². The number of rotatable bonds is 5. The van der Waals surface area contributed by atoms with Crippen LogP contribution in [0.25, 0.3) is 4.96 Å². The van der Waals surface area contributed by atoms with Crippen LogP contribution in [0.1, 0.15) is 39.6 Å². The molecule has 10 heteroatoms. The molecule has 0 aliphatic heterocycles. The van der Waals surface area contributed by atoms with Gasteiger partial charge in [-0.25, -0.2) is 14.8 Å². The van der Waals surface area contributed by atoms with Gasteiger partial charge in [0.05, 0.1) is 7.11 Å². The number of hydrogen-bond acceptors (Lipinski definition) is 8. The Hall–Kier alpha value is -2.59. The molecule has 3 rings (SSSR count). The lowest BCUT2D eigenvalue weighted by atomic mass is 10.1. The van der Waals surface area contributed by atoms with E-state index in [1.807, 2.05) is 13.8 Å². The molecule has 26 heavy (non-hydrogen) atoms. The number of ether oxygens (including phenoxy) is 1. The molecular weight excluding hydrogens is 376 g/mol. The Balaban J connectivity index is 1.91. The van der Waals surface area contributed by atoms with E-state index in [1.54, 1.807) is 11.6 Å². The molecule has 3 heterocycles. The average molecular weight is 392 g/mol. The number of esters is 1. The monoisotopic (exact) mass is 392 g/mol. The van der Waals surface area contributed by atoms with Crippen molar-refractivity contribution in [2.75, 3.05) is 12.4 Å². The maximum Gasteiger partial charge on any atom is 0.357 e. The third-order valence-electron chi connectivity index (χ3n) is 3.48. The van der Waals surface area contributed by atoms with Gasteiger partial charge >= 0.3 is 5.97 Å². The Morgan fingerprint density at radius 2 is 2.15 bits per heavy atom. The summed E-state index contributed by atoms with van der Waals surface area (Å²) in [7, 11) is 1.28. The molecule has 0 aromatic carbocycles. The number of methoxy groups -OCH3 is 1. The molecule has 0 spiro atoms. The molecule has 0 bridgehead atoms. The summed E-state index contributed by atoms with van der Waals surface area (Å²) in [6.07, 6.45) is 3.43. The average Bonchev–Trinajstić information content (AvgIpc) is 3.21. The van der Waals surface area contributed by atoms with Crippen molar-refractivity contribution < 1.29 is 14.3 Å². The van der Waals surface area contributed by atoms with Crippen LogP contribution in [0.15, 0.2) is 22.6 Å². The SMILES string of the molecule is COC(=O)c1nc(NC(=O)c2cnc3sccn3c2=O)sc1CC(C)C. The second-order valence-electron chi connectivity index (χ2n) is 5.87. The van der Waals surface area contributed by atoms with Crippen LogP contribution in [-0.4, -0.2) is 33.4 Å². The normalized spacial score (nSPS) is 11.1. The first-order valence-corrected chi connectivity index (χ1v) is 9.44. The number of carbonyl (C=O) groups excluding carboxylic acids is 2. The third-order valence-corrected chi connectivity index (χ3v) is 5.24. The van der Waals surface area contributed by atoms with Crippen LogP contribution in [-0.2, 0) is 11.2 Å². The van der Waals surface area contributed by atoms with Gasteiger partial charge in [-0.15, -0.1) is 22.7 Å². The van der Waals surface area contributed by atoms with Crippen LogP contribution >= 0.6 is 22.7 Å². The maximum absolute atomic E-state index is 12.5. The van der Waals surface area contributed by atoms with Gasteiger partial charge in [-0.05, 0) is 12.3 Å². The quantitative estimate of drug-likeness (QED) is 0.669. The van der Waals surface area contributed by atoms with Crippen molar-refractivity contribution in [3.63, 3.8) is 0 Å². The fraction of sp³-hybridized carbons (Fsp3) is 0.312. The summed E-state index contributed by atoms with van der Waals surface area (Å²) in [5, 5.41) is 4.53. The molecule has 136 valence electrons. The Kier molecular flexibility index (Phi) is 5.14. The van der Waals surface area contributed by atoms with Crippen molar-refractivity contribution in [3.8, 4) is 0 Å². The maximum atomic E-state index is 12.5. The molecule has 3 aromatic rings. The van der Waals surface area contributed by atoms with E-state index in [0.717, 1.165) is 4.88 Å². The number of hydrogen-bond donors (Lipinski definition) is 1. The minimum absolute atomic E-state index is 0.0962. The zero-order chi connectivity index (χ0) is 18.8. The Bertz CT molecular complexity index is 1030. The molecule has 0 radical (unpaired) electrons. The third kappa shape index (κ3) is 3.51. The molecule has 0 aliphatic rings. The summed E-state index contributed by atoms with van der Waals surface area (Å²) in [6, 6.07) is 0. The lowest BCUT2D eigenvalue weighted by molar-refractivity contribution is 0.0593. The Morgan fingerprint density at radius 3 is 2.85 bits per heavy atom. The summed E-state index contributed by atoms with van der Waals surface area (Å²) < 4.78 is 6.06. The first-order chi connectivity index (χ1) is 12.4. The summed E-state index contributed by atoms with van der Waals surface area (Å²) in [6.45, 7) is 4.03. The standard InChI is InChI=1S/C16H16N4O4S2/c1-8(2)6-10-11(14(23)24-3)18-15(26-10)19-12(21)9-7-17-16-20(13(9)22)4-5-25-16/h4-5,7-8H,6H2,1-3H3,(H,18,19,21). The second-order valence-corrected chi connectivity index (χ2v) is 7.82. The fourth-order valence-electron chi connectivity index (χ4n) is 2.32. The number of anilines is 1. The van der Waals surface area contributed by atoms with Gasteiger partial charge in [0.15, 0.2) is 15.8 Å². The highest BCUT2D eigenvalue weighted by molar-refractivity contribution is 7.16. The van der Waals surface area contributed by atoms with E-state index in [4.69, 9.17) is 4.74 Å². The van der Waals surface area contributed by atoms with E-state index in [2.05, 4.69) is 15.3 Å². The van der Waals surface area contributed by atoms with E-state index in [0.29, 0.717) is 17.3 Å². The number of fused-ring (bicyclic) bond motifs is 1. The lowest BCUT2D eigenvalue weighted by Crippen LogP contribution is -2.25. The highest BCUT2D eigenvalue weighted by Gasteiger charge is 2.22. The van der Waals surface area contributed by atoms with E-state index < -0.39 is 17.4 Å². The molecule has 1 amide bonds. The lowest BCUT2D eigenvalue weighted by Gasteiger charge is -2.02. The van der Waals surface area contributed by atoms with Gasteiger partial charge in [0.25, 0.3) is 11.5 Å². The molecule has 0 atom stereocenters. The first-order valence-electron chi connectivity index (χ1n) is 7.75. The summed E-state index contributed by atoms with van der Waals surface area (Å²) in [4.78, 5) is 46.2. The molecule has 8 nitrogen and oxygen atoms in total. The number of amides is 1. The van der Waals surface area contributed by atoms with Gasteiger partial charge < -0.3 is 4.74 Å². The van der Waals surface area contributed by atoms with Gasteiger partial charge in [-0.2, -0.15) is 0 Å². The fourth-order valence-corrected chi connectivity index (χ4v) is 4.15. The van der Waals surface area contributed by atoms with Crippen LogP contribution in [0.4, 0.5) is 5.13 Å². The number of nitrogens with zero attached hydrogens (tertiary/aromatic N) is 3. The minimum atomic E-state index is -0.621. The number of carbonyl (C=O) groups is 2. The zero-order valence-electron chi connectivity index (χ0n) is 14.3. The van der Waals surface area contributed by atoms with E-state index in [1.165, 1.54) is 40.4 Å². The predicted octanol–water partition coefficient (Wildman–Crippen LogP) is 2.45. The van der Waals surface area contributed by atoms with Crippen LogP contribution in [0.2, 0.25) is 0 Å². The van der Waals surface area contributed by atoms with Crippen molar-refractivity contribution >= 4 is 44.6 Å². The largest absolute Gasteiger partial charge is 0.464 e. The minimum Gasteiger partial charge on any atom is -0.464 e. The molecule has 1 N–H and O–H groups in total. The zero-order valence-corrected chi connectivity index (χ0v) is 15.9. The number of nitrogens with one attached hydrogen (secondary N) is 1. The number of thiazole rings is 2. The molecule has 0 fully saturated rings. The van der Waals surface area contributed by atoms with E-state index in [-0.39, 0.29) is 16.4 Å². The topological polar surface area (TPSA) is 103 Å². The highest BCUT2D eigenvalue weighted by atomic mass is 32.1. The van der Waals surface area contributed by atoms with Crippen LogP contribution in [0.3, 0.4) is 0 Å². The van der Waals surface area contributed by atoms with Crippen LogP contribution < -0.4 is 10.9 Å². The smallest absolute Gasteiger partial charge is 0.357 e. The molecule has 3 aromatic heterocycles. The molecular formula is C16H16N4O4S2. The Morgan fingerprint density at radius 1 is 1.38 bits per heavy atom. The molecule has 0 unspecified atom stereocenters. The van der Waals surface area contributed by atoms with E-state index >= 15 is 0 Å². The van der Waals surface area contributed by atoms with Crippen LogP contribution in [0.5, 0.6) is 0 Å². The molecule has 0 aliphatic carbocycles. The van der Waals surface area contributed by atoms with Gasteiger partial charge in [0, 0.05) is 22.7 Å². The Labute approximate surface area is 156 Å². The van der Waals surface area contributed by atoms with Crippen molar-refractivity contribution in [1.29, 1.82) is 0 Å². The summed E-state index contributed by atoms with van der Waals surface area (Å²) in [5.74, 6) is -0.875. The van der Waals surface area contributed by atoms with Crippen molar-refractivity contribution in [3.05, 3.63) is 44.3 Å². The summed E-state index contributed by atoms with van der Waals surface area (Å²) in [5.41, 5.74) is -0.369. The van der Waals surface area contributed by atoms with Crippen molar-refractivity contribution in [2.24, 2.45) is 5.92 Å². The molecule has 0 saturated carbocycles. The van der Waals surface area contributed by atoms with Gasteiger partial charge in [-0.1, -0.05) is 13.8 Å². The second kappa shape index (κ2) is 7.34. The van der Waals surface area contributed by atoms with Gasteiger partial charge in [0.2, 0.25) is 0 Å². The summed E-state index contributed by atoms with van der Waals surface area (Å²) >= 11 is 2.50. The first kappa shape index (κ1) is 18.2.